The molecular weight excluding hydrogens is 402 g/mol. The predicted molar refractivity (Wildman–Crippen MR) is 123 cm³/mol. The van der Waals surface area contributed by atoms with Gasteiger partial charge in [0.1, 0.15) is 0 Å². The molecule has 1 atom stereocenters. The summed E-state index contributed by atoms with van der Waals surface area (Å²) >= 11 is 0. The fourth-order valence-electron chi connectivity index (χ4n) is 4.64. The third-order valence-electron chi connectivity index (χ3n) is 6.25. The second kappa shape index (κ2) is 8.42. The second-order valence-corrected chi connectivity index (χ2v) is 8.32. The number of aryl methyl sites for hydroxylation is 1. The predicted octanol–water partition coefficient (Wildman–Crippen LogP) is 3.03. The van der Waals surface area contributed by atoms with Crippen molar-refractivity contribution in [2.24, 2.45) is 7.05 Å². The Morgan fingerprint density at radius 2 is 1.91 bits per heavy atom. The minimum atomic E-state index is -0.156. The van der Waals surface area contributed by atoms with E-state index in [0.29, 0.717) is 19.5 Å². The highest BCUT2D eigenvalue weighted by Gasteiger charge is 2.30. The molecule has 32 heavy (non-hydrogen) atoms. The van der Waals surface area contributed by atoms with Gasteiger partial charge in [-0.1, -0.05) is 18.2 Å². The molecule has 7 heteroatoms. The van der Waals surface area contributed by atoms with Crippen LogP contribution in [0.4, 0.5) is 0 Å². The van der Waals surface area contributed by atoms with Gasteiger partial charge >= 0.3 is 0 Å². The highest BCUT2D eigenvalue weighted by molar-refractivity contribution is 5.89. The van der Waals surface area contributed by atoms with Crippen LogP contribution >= 0.6 is 0 Å². The number of aromatic nitrogens is 4. The molecule has 0 N–H and O–H groups in total. The lowest BCUT2D eigenvalue weighted by Gasteiger charge is -2.25. The van der Waals surface area contributed by atoms with E-state index in [2.05, 4.69) is 26.8 Å². The van der Waals surface area contributed by atoms with Crippen LogP contribution in [0.3, 0.4) is 0 Å². The summed E-state index contributed by atoms with van der Waals surface area (Å²) in [6.07, 6.45) is 7.61. The molecule has 1 unspecified atom stereocenters. The van der Waals surface area contributed by atoms with Crippen LogP contribution in [0.1, 0.15) is 18.4 Å². The molecule has 1 amide bonds. The molecule has 0 bridgehead atoms. The average Bonchev–Trinajstić information content (AvgIpc) is 3.41. The van der Waals surface area contributed by atoms with Gasteiger partial charge in [0.15, 0.2) is 0 Å². The highest BCUT2D eigenvalue weighted by atomic mass is 16.2. The van der Waals surface area contributed by atoms with E-state index in [9.17, 15) is 9.59 Å². The Labute approximate surface area is 185 Å². The first kappa shape index (κ1) is 20.2. The minimum Gasteiger partial charge on any atom is -0.350 e. The third-order valence-corrected chi connectivity index (χ3v) is 6.25. The van der Waals surface area contributed by atoms with E-state index in [-0.39, 0.29) is 17.5 Å². The average molecular weight is 428 g/mol. The maximum absolute atomic E-state index is 13.2. The lowest BCUT2D eigenvalue weighted by atomic mass is 10.1. The lowest BCUT2D eigenvalue weighted by molar-refractivity contribution is -0.131. The van der Waals surface area contributed by atoms with E-state index >= 15 is 0 Å². The van der Waals surface area contributed by atoms with Crippen molar-refractivity contribution in [1.29, 1.82) is 0 Å². The fraction of sp³-hybridized carbons (Fsp3) is 0.280. The standard InChI is InChI=1S/C25H25N5O2/c1-28-16-19(21-6-2-3-7-23(21)28)15-25(32)29-14-4-5-20(29)17-30-24(31)9-8-22(27-30)18-10-12-26-13-11-18/h2-3,6-13,16,20H,4-5,14-15,17H2,1H3. The van der Waals surface area contributed by atoms with Gasteiger partial charge in [0.05, 0.1) is 24.7 Å². The number of pyridine rings is 1. The molecule has 0 aliphatic carbocycles. The monoisotopic (exact) mass is 427 g/mol. The number of fused-ring (bicyclic) bond motifs is 1. The quantitative estimate of drug-likeness (QED) is 0.491. The summed E-state index contributed by atoms with van der Waals surface area (Å²) in [5.74, 6) is 0.0993. The maximum atomic E-state index is 13.2. The first-order valence-electron chi connectivity index (χ1n) is 10.9. The second-order valence-electron chi connectivity index (χ2n) is 8.32. The van der Waals surface area contributed by atoms with Crippen LogP contribution in [0.15, 0.2) is 71.9 Å². The van der Waals surface area contributed by atoms with E-state index in [1.807, 2.05) is 42.4 Å². The number of amides is 1. The van der Waals surface area contributed by atoms with Gasteiger partial charge in [-0.2, -0.15) is 5.10 Å². The number of hydrogen-bond donors (Lipinski definition) is 0. The minimum absolute atomic E-state index is 0.0321. The zero-order valence-corrected chi connectivity index (χ0v) is 18.0. The molecule has 1 aromatic carbocycles. The zero-order valence-electron chi connectivity index (χ0n) is 18.0. The number of para-hydroxylation sites is 1. The molecule has 5 rings (SSSR count). The maximum Gasteiger partial charge on any atom is 0.266 e. The van der Waals surface area contributed by atoms with E-state index < -0.39 is 0 Å². The van der Waals surface area contributed by atoms with Gasteiger partial charge in [-0.15, -0.1) is 0 Å². The first-order chi connectivity index (χ1) is 15.6. The van der Waals surface area contributed by atoms with E-state index in [4.69, 9.17) is 0 Å². The van der Waals surface area contributed by atoms with E-state index in [0.717, 1.165) is 40.6 Å². The number of rotatable bonds is 5. The Kier molecular flexibility index (Phi) is 5.31. The molecule has 162 valence electrons. The van der Waals surface area contributed by atoms with Gasteiger partial charge < -0.3 is 9.47 Å². The van der Waals surface area contributed by atoms with Crippen molar-refractivity contribution >= 4 is 16.8 Å². The van der Waals surface area contributed by atoms with Gasteiger partial charge in [-0.3, -0.25) is 14.6 Å². The van der Waals surface area contributed by atoms with Gasteiger partial charge in [0, 0.05) is 54.7 Å². The van der Waals surface area contributed by atoms with Crippen molar-refractivity contribution in [3.05, 3.63) is 83.0 Å². The van der Waals surface area contributed by atoms with Crippen LogP contribution in [0.25, 0.3) is 22.2 Å². The van der Waals surface area contributed by atoms with Crippen LogP contribution in [0.5, 0.6) is 0 Å². The van der Waals surface area contributed by atoms with Crippen molar-refractivity contribution < 1.29 is 4.79 Å². The van der Waals surface area contributed by atoms with E-state index in [1.54, 1.807) is 24.5 Å². The first-order valence-corrected chi connectivity index (χ1v) is 10.9. The Morgan fingerprint density at radius 1 is 1.09 bits per heavy atom. The van der Waals surface area contributed by atoms with Crippen molar-refractivity contribution in [3.8, 4) is 11.3 Å². The number of nitrogens with zero attached hydrogens (tertiary/aromatic N) is 5. The van der Waals surface area contributed by atoms with Crippen molar-refractivity contribution in [2.75, 3.05) is 6.54 Å². The van der Waals surface area contributed by atoms with Crippen molar-refractivity contribution in [1.82, 2.24) is 24.2 Å². The summed E-state index contributed by atoms with van der Waals surface area (Å²) in [4.78, 5) is 31.7. The van der Waals surface area contributed by atoms with Crippen LogP contribution < -0.4 is 5.56 Å². The highest BCUT2D eigenvalue weighted by Crippen LogP contribution is 2.24. The number of carbonyl (C=O) groups excluding carboxylic acids is 1. The van der Waals surface area contributed by atoms with Crippen molar-refractivity contribution in [3.63, 3.8) is 0 Å². The lowest BCUT2D eigenvalue weighted by Crippen LogP contribution is -2.41. The molecule has 7 nitrogen and oxygen atoms in total. The number of hydrogen-bond acceptors (Lipinski definition) is 4. The van der Waals surface area contributed by atoms with E-state index in [1.165, 1.54) is 4.68 Å². The Bertz CT molecular complexity index is 1330. The number of benzene rings is 1. The third kappa shape index (κ3) is 3.82. The molecular formula is C25H25N5O2. The van der Waals surface area contributed by atoms with Gasteiger partial charge in [-0.05, 0) is 42.7 Å². The van der Waals surface area contributed by atoms with Crippen LogP contribution in [0.2, 0.25) is 0 Å². The van der Waals surface area contributed by atoms with Gasteiger partial charge in [0.2, 0.25) is 5.91 Å². The topological polar surface area (TPSA) is 73.0 Å². The summed E-state index contributed by atoms with van der Waals surface area (Å²) in [6.45, 7) is 1.12. The molecule has 4 aromatic rings. The largest absolute Gasteiger partial charge is 0.350 e. The van der Waals surface area contributed by atoms with Crippen LogP contribution in [-0.2, 0) is 24.8 Å². The summed E-state index contributed by atoms with van der Waals surface area (Å²) in [5.41, 5.74) is 3.63. The van der Waals surface area contributed by atoms with Crippen LogP contribution in [-0.4, -0.2) is 42.7 Å². The Balaban J connectivity index is 1.36. The molecule has 4 heterocycles. The number of carbonyl (C=O) groups is 1. The SMILES string of the molecule is Cn1cc(CC(=O)N2CCCC2Cn2nc(-c3ccncc3)ccc2=O)c2ccccc21. The molecule has 0 radical (unpaired) electrons. The summed E-state index contributed by atoms with van der Waals surface area (Å²) < 4.78 is 3.55. The fourth-order valence-corrected chi connectivity index (χ4v) is 4.64. The van der Waals surface area contributed by atoms with Gasteiger partial charge in [-0.25, -0.2) is 4.68 Å². The summed E-state index contributed by atoms with van der Waals surface area (Å²) in [6, 6.07) is 15.1. The molecule has 1 saturated heterocycles. The van der Waals surface area contributed by atoms with Crippen molar-refractivity contribution in [2.45, 2.75) is 31.8 Å². The molecule has 1 aliphatic rings. The molecule has 1 aliphatic heterocycles. The summed E-state index contributed by atoms with van der Waals surface area (Å²) in [5, 5.41) is 5.68. The molecule has 0 saturated carbocycles. The summed E-state index contributed by atoms with van der Waals surface area (Å²) in [7, 11) is 2.00. The van der Waals surface area contributed by atoms with Gasteiger partial charge in [0.25, 0.3) is 5.56 Å². The Morgan fingerprint density at radius 3 is 2.75 bits per heavy atom. The molecule has 0 spiro atoms. The normalized spacial score (nSPS) is 16.0. The molecule has 1 fully saturated rings. The smallest absolute Gasteiger partial charge is 0.266 e. The number of likely N-dealkylation sites (tertiary alicyclic amines) is 1. The zero-order chi connectivity index (χ0) is 22.1. The Hall–Kier alpha value is -3.74. The molecule has 3 aromatic heterocycles. The van der Waals surface area contributed by atoms with Crippen LogP contribution in [0, 0.1) is 0 Å².